The monoisotopic (exact) mass is 180 g/mol. The summed E-state index contributed by atoms with van der Waals surface area (Å²) >= 11 is 0. The van der Waals surface area contributed by atoms with Crippen molar-refractivity contribution >= 4 is 0 Å². The molecule has 0 aromatic carbocycles. The van der Waals surface area contributed by atoms with Crippen molar-refractivity contribution in [3.8, 4) is 11.8 Å². The smallest absolute Gasteiger partial charge is 0.00913 e. The van der Waals surface area contributed by atoms with Gasteiger partial charge in [0.05, 0.1) is 0 Å². The summed E-state index contributed by atoms with van der Waals surface area (Å²) in [6, 6.07) is 0. The SMILES string of the molecule is CC.CC(C)CC1CCC#CCC1. The third kappa shape index (κ3) is 6.70. The van der Waals surface area contributed by atoms with Crippen LogP contribution in [0.2, 0.25) is 0 Å². The maximum atomic E-state index is 3.20. The van der Waals surface area contributed by atoms with Gasteiger partial charge in [-0.15, -0.1) is 11.8 Å². The molecule has 0 heterocycles. The molecular weight excluding hydrogens is 156 g/mol. The molecule has 1 aliphatic carbocycles. The fraction of sp³-hybridized carbons (Fsp3) is 0.846. The lowest BCUT2D eigenvalue weighted by atomic mass is 9.90. The van der Waals surface area contributed by atoms with E-state index in [1.807, 2.05) is 13.8 Å². The van der Waals surface area contributed by atoms with Crippen LogP contribution in [0.4, 0.5) is 0 Å². The maximum absolute atomic E-state index is 3.20. The molecule has 0 saturated heterocycles. The first kappa shape index (κ1) is 12.6. The molecule has 0 heteroatoms. The molecular formula is C13H24. The zero-order valence-corrected chi connectivity index (χ0v) is 9.69. The van der Waals surface area contributed by atoms with E-state index < -0.39 is 0 Å². The summed E-state index contributed by atoms with van der Waals surface area (Å²) in [5.41, 5.74) is 0. The van der Waals surface area contributed by atoms with Gasteiger partial charge in [-0.2, -0.15) is 0 Å². The Hall–Kier alpha value is -0.440. The Bertz CT molecular complexity index is 145. The molecule has 0 amide bonds. The highest BCUT2D eigenvalue weighted by Gasteiger charge is 2.10. The van der Waals surface area contributed by atoms with Crippen LogP contribution in [-0.2, 0) is 0 Å². The number of rotatable bonds is 2. The molecule has 76 valence electrons. The number of hydrogen-bond donors (Lipinski definition) is 0. The van der Waals surface area contributed by atoms with Gasteiger partial charge in [0.1, 0.15) is 0 Å². The van der Waals surface area contributed by atoms with Crippen LogP contribution in [0, 0.1) is 23.7 Å². The summed E-state index contributed by atoms with van der Waals surface area (Å²) in [5.74, 6) is 8.20. The third-order valence-corrected chi connectivity index (χ3v) is 2.28. The van der Waals surface area contributed by atoms with Crippen LogP contribution in [0.3, 0.4) is 0 Å². The van der Waals surface area contributed by atoms with Gasteiger partial charge in [-0.3, -0.25) is 0 Å². The van der Waals surface area contributed by atoms with Crippen LogP contribution in [0.25, 0.3) is 0 Å². The molecule has 13 heavy (non-hydrogen) atoms. The summed E-state index contributed by atoms with van der Waals surface area (Å²) < 4.78 is 0. The van der Waals surface area contributed by atoms with Gasteiger partial charge in [0.15, 0.2) is 0 Å². The molecule has 0 nitrogen and oxygen atoms in total. The largest absolute Gasteiger partial charge is 0.103 e. The minimum absolute atomic E-state index is 0.859. The molecule has 0 atom stereocenters. The summed E-state index contributed by atoms with van der Waals surface area (Å²) in [5, 5.41) is 0. The lowest BCUT2D eigenvalue weighted by Crippen LogP contribution is -2.03. The van der Waals surface area contributed by atoms with E-state index in [9.17, 15) is 0 Å². The van der Waals surface area contributed by atoms with E-state index in [0.29, 0.717) is 0 Å². The predicted molar refractivity (Wildman–Crippen MR) is 60.5 cm³/mol. The summed E-state index contributed by atoms with van der Waals surface area (Å²) in [4.78, 5) is 0. The Morgan fingerprint density at radius 1 is 1.08 bits per heavy atom. The lowest BCUT2D eigenvalue weighted by molar-refractivity contribution is 0.375. The zero-order chi connectivity index (χ0) is 10.1. The lowest BCUT2D eigenvalue weighted by Gasteiger charge is -2.15. The van der Waals surface area contributed by atoms with E-state index in [1.165, 1.54) is 19.3 Å². The molecule has 0 aliphatic heterocycles. The molecule has 0 N–H and O–H groups in total. The fourth-order valence-corrected chi connectivity index (χ4v) is 1.78. The Labute approximate surface area is 84.1 Å². The van der Waals surface area contributed by atoms with Gasteiger partial charge in [0, 0.05) is 12.8 Å². The molecule has 0 saturated carbocycles. The van der Waals surface area contributed by atoms with Crippen LogP contribution in [0.15, 0.2) is 0 Å². The Morgan fingerprint density at radius 3 is 1.92 bits per heavy atom. The van der Waals surface area contributed by atoms with Crippen LogP contribution >= 0.6 is 0 Å². The first-order valence-corrected chi connectivity index (χ1v) is 5.74. The second-order valence-corrected chi connectivity index (χ2v) is 3.93. The van der Waals surface area contributed by atoms with E-state index in [2.05, 4.69) is 25.7 Å². The van der Waals surface area contributed by atoms with E-state index in [0.717, 1.165) is 24.7 Å². The molecule has 0 spiro atoms. The molecule has 1 rings (SSSR count). The van der Waals surface area contributed by atoms with Crippen molar-refractivity contribution in [3.05, 3.63) is 0 Å². The average Bonchev–Trinajstić information content (AvgIpc) is 2.36. The molecule has 0 fully saturated rings. The highest BCUT2D eigenvalue weighted by molar-refractivity contribution is 5.01. The number of hydrogen-bond acceptors (Lipinski definition) is 0. The highest BCUT2D eigenvalue weighted by atomic mass is 14.2. The Kier molecular flexibility index (Phi) is 7.90. The fourth-order valence-electron chi connectivity index (χ4n) is 1.78. The van der Waals surface area contributed by atoms with Gasteiger partial charge in [0.25, 0.3) is 0 Å². The third-order valence-electron chi connectivity index (χ3n) is 2.28. The Morgan fingerprint density at radius 2 is 1.54 bits per heavy atom. The topological polar surface area (TPSA) is 0 Å². The van der Waals surface area contributed by atoms with Crippen LogP contribution < -0.4 is 0 Å². The van der Waals surface area contributed by atoms with Crippen molar-refractivity contribution in [2.75, 3.05) is 0 Å². The highest BCUT2D eigenvalue weighted by Crippen LogP contribution is 2.23. The first-order valence-electron chi connectivity index (χ1n) is 5.74. The van der Waals surface area contributed by atoms with E-state index >= 15 is 0 Å². The van der Waals surface area contributed by atoms with Gasteiger partial charge in [-0.1, -0.05) is 27.7 Å². The zero-order valence-electron chi connectivity index (χ0n) is 9.69. The molecule has 0 unspecified atom stereocenters. The van der Waals surface area contributed by atoms with E-state index in [1.54, 1.807) is 0 Å². The minimum atomic E-state index is 0.859. The van der Waals surface area contributed by atoms with Gasteiger partial charge < -0.3 is 0 Å². The molecule has 0 aromatic heterocycles. The van der Waals surface area contributed by atoms with Crippen molar-refractivity contribution in [2.45, 2.75) is 59.8 Å². The second kappa shape index (κ2) is 8.17. The van der Waals surface area contributed by atoms with Crippen molar-refractivity contribution in [3.63, 3.8) is 0 Å². The second-order valence-electron chi connectivity index (χ2n) is 3.93. The normalized spacial score (nSPS) is 16.7. The molecule has 0 radical (unpaired) electrons. The minimum Gasteiger partial charge on any atom is -0.103 e. The van der Waals surface area contributed by atoms with Crippen LogP contribution in [0.1, 0.15) is 59.8 Å². The summed E-state index contributed by atoms with van der Waals surface area (Å²) in [6.45, 7) is 8.62. The van der Waals surface area contributed by atoms with Gasteiger partial charge in [-0.25, -0.2) is 0 Å². The van der Waals surface area contributed by atoms with Crippen molar-refractivity contribution in [1.82, 2.24) is 0 Å². The van der Waals surface area contributed by atoms with Gasteiger partial charge in [0.2, 0.25) is 0 Å². The Balaban J connectivity index is 0.000000671. The van der Waals surface area contributed by atoms with E-state index in [-0.39, 0.29) is 0 Å². The predicted octanol–water partition coefficient (Wildman–Crippen LogP) is 4.25. The molecule has 0 aromatic rings. The van der Waals surface area contributed by atoms with Crippen molar-refractivity contribution in [1.29, 1.82) is 0 Å². The van der Waals surface area contributed by atoms with Gasteiger partial charge in [-0.05, 0) is 31.1 Å². The standard InChI is InChI=1S/C11H18.C2H6/c1-10(2)9-11-7-5-3-4-6-8-11;1-2/h10-11H,5-9H2,1-2H3;1-2H3. The average molecular weight is 180 g/mol. The maximum Gasteiger partial charge on any atom is 0.00913 e. The van der Waals surface area contributed by atoms with Crippen molar-refractivity contribution < 1.29 is 0 Å². The summed E-state index contributed by atoms with van der Waals surface area (Å²) in [7, 11) is 0. The summed E-state index contributed by atoms with van der Waals surface area (Å²) in [6.07, 6.45) is 6.34. The van der Waals surface area contributed by atoms with Gasteiger partial charge >= 0.3 is 0 Å². The molecule has 0 bridgehead atoms. The van der Waals surface area contributed by atoms with Crippen LogP contribution in [-0.4, -0.2) is 0 Å². The molecule has 1 aliphatic rings. The quantitative estimate of drug-likeness (QED) is 0.557. The van der Waals surface area contributed by atoms with Crippen LogP contribution in [0.5, 0.6) is 0 Å². The first-order chi connectivity index (χ1) is 6.29. The van der Waals surface area contributed by atoms with E-state index in [4.69, 9.17) is 0 Å². The van der Waals surface area contributed by atoms with Crippen molar-refractivity contribution in [2.24, 2.45) is 11.8 Å².